The van der Waals surface area contributed by atoms with Gasteiger partial charge in [0.05, 0.1) is 0 Å². The van der Waals surface area contributed by atoms with Crippen molar-refractivity contribution in [3.63, 3.8) is 0 Å². The number of rotatable bonds is 4. The molecular formula is C15H19N. The van der Waals surface area contributed by atoms with Crippen LogP contribution in [0.15, 0.2) is 42.5 Å². The van der Waals surface area contributed by atoms with Crippen molar-refractivity contribution < 1.29 is 0 Å². The quantitative estimate of drug-likeness (QED) is 0.815. The zero-order valence-corrected chi connectivity index (χ0v) is 9.82. The highest BCUT2D eigenvalue weighted by Gasteiger charge is 2.05. The van der Waals surface area contributed by atoms with Crippen LogP contribution in [0.2, 0.25) is 0 Å². The molecule has 2 rings (SSSR count). The minimum Gasteiger partial charge on any atom is -0.324 e. The number of unbranched alkanes of at least 4 members (excludes halogenated alkanes) is 1. The third-order valence-electron chi connectivity index (χ3n) is 3.07. The molecule has 0 saturated heterocycles. The normalized spacial score (nSPS) is 12.9. The van der Waals surface area contributed by atoms with Gasteiger partial charge >= 0.3 is 0 Å². The number of hydrogen-bond donors (Lipinski definition) is 1. The molecule has 2 aromatic rings. The van der Waals surface area contributed by atoms with Crippen molar-refractivity contribution in [1.82, 2.24) is 0 Å². The van der Waals surface area contributed by atoms with Gasteiger partial charge in [0.25, 0.3) is 0 Å². The van der Waals surface area contributed by atoms with Crippen LogP contribution in [-0.2, 0) is 0 Å². The Kier molecular flexibility index (Phi) is 3.58. The molecule has 0 heterocycles. The van der Waals surface area contributed by atoms with Crippen LogP contribution in [0.3, 0.4) is 0 Å². The largest absolute Gasteiger partial charge is 0.324 e. The first-order valence-corrected chi connectivity index (χ1v) is 6.05. The second-order valence-corrected chi connectivity index (χ2v) is 4.36. The Morgan fingerprint density at radius 1 is 1.06 bits per heavy atom. The summed E-state index contributed by atoms with van der Waals surface area (Å²) in [6, 6.07) is 15.1. The van der Waals surface area contributed by atoms with Crippen LogP contribution in [0.4, 0.5) is 0 Å². The number of fused-ring (bicyclic) bond motifs is 1. The summed E-state index contributed by atoms with van der Waals surface area (Å²) in [5.74, 6) is 0. The van der Waals surface area contributed by atoms with Crippen molar-refractivity contribution in [2.45, 2.75) is 32.2 Å². The molecule has 0 aromatic heterocycles. The molecule has 0 amide bonds. The fourth-order valence-electron chi connectivity index (χ4n) is 2.03. The van der Waals surface area contributed by atoms with Crippen LogP contribution in [0, 0.1) is 0 Å². The lowest BCUT2D eigenvalue weighted by Crippen LogP contribution is -2.09. The van der Waals surface area contributed by atoms with E-state index in [-0.39, 0.29) is 6.04 Å². The van der Waals surface area contributed by atoms with Crippen molar-refractivity contribution in [2.75, 3.05) is 0 Å². The van der Waals surface area contributed by atoms with Gasteiger partial charge in [-0.25, -0.2) is 0 Å². The van der Waals surface area contributed by atoms with E-state index in [0.717, 1.165) is 6.42 Å². The van der Waals surface area contributed by atoms with E-state index in [0.29, 0.717) is 0 Å². The van der Waals surface area contributed by atoms with Crippen LogP contribution in [0.25, 0.3) is 10.8 Å². The van der Waals surface area contributed by atoms with E-state index in [1.54, 1.807) is 0 Å². The van der Waals surface area contributed by atoms with Crippen LogP contribution >= 0.6 is 0 Å². The van der Waals surface area contributed by atoms with Crippen molar-refractivity contribution in [3.8, 4) is 0 Å². The standard InChI is InChI=1S/C15H19N/c1-2-3-8-15(16)14-10-9-12-6-4-5-7-13(12)11-14/h4-7,9-11,15H,2-3,8,16H2,1H3. The average Bonchev–Trinajstić information content (AvgIpc) is 2.35. The maximum absolute atomic E-state index is 6.17. The fraction of sp³-hybridized carbons (Fsp3) is 0.333. The summed E-state index contributed by atoms with van der Waals surface area (Å²) in [5, 5.41) is 2.57. The second-order valence-electron chi connectivity index (χ2n) is 4.36. The first kappa shape index (κ1) is 11.2. The van der Waals surface area contributed by atoms with Gasteiger partial charge in [0, 0.05) is 6.04 Å². The van der Waals surface area contributed by atoms with Gasteiger partial charge in [-0.05, 0) is 28.8 Å². The molecule has 16 heavy (non-hydrogen) atoms. The summed E-state index contributed by atoms with van der Waals surface area (Å²) in [6.45, 7) is 2.20. The average molecular weight is 213 g/mol. The maximum Gasteiger partial charge on any atom is 0.0295 e. The summed E-state index contributed by atoms with van der Waals surface area (Å²) in [6.07, 6.45) is 3.49. The molecule has 84 valence electrons. The van der Waals surface area contributed by atoms with Gasteiger partial charge in [-0.2, -0.15) is 0 Å². The summed E-state index contributed by atoms with van der Waals surface area (Å²) < 4.78 is 0. The van der Waals surface area contributed by atoms with Gasteiger partial charge in [0.15, 0.2) is 0 Å². The highest BCUT2D eigenvalue weighted by molar-refractivity contribution is 5.83. The Labute approximate surface area is 97.3 Å². The number of nitrogens with two attached hydrogens (primary N) is 1. The van der Waals surface area contributed by atoms with E-state index in [1.165, 1.54) is 29.2 Å². The highest BCUT2D eigenvalue weighted by atomic mass is 14.6. The summed E-state index contributed by atoms with van der Waals surface area (Å²) in [5.41, 5.74) is 7.43. The zero-order valence-electron chi connectivity index (χ0n) is 9.82. The van der Waals surface area contributed by atoms with E-state index < -0.39 is 0 Å². The molecule has 0 spiro atoms. The first-order chi connectivity index (χ1) is 7.81. The third kappa shape index (κ3) is 2.42. The van der Waals surface area contributed by atoms with E-state index in [2.05, 4.69) is 49.4 Å². The van der Waals surface area contributed by atoms with Crippen molar-refractivity contribution in [3.05, 3.63) is 48.0 Å². The first-order valence-electron chi connectivity index (χ1n) is 6.05. The van der Waals surface area contributed by atoms with Crippen LogP contribution in [0.1, 0.15) is 37.8 Å². The topological polar surface area (TPSA) is 26.0 Å². The monoisotopic (exact) mass is 213 g/mol. The van der Waals surface area contributed by atoms with Crippen LogP contribution in [0.5, 0.6) is 0 Å². The molecule has 0 aliphatic carbocycles. The Morgan fingerprint density at radius 2 is 1.81 bits per heavy atom. The molecule has 2 aromatic carbocycles. The van der Waals surface area contributed by atoms with Crippen molar-refractivity contribution in [2.24, 2.45) is 5.73 Å². The predicted molar refractivity (Wildman–Crippen MR) is 70.4 cm³/mol. The van der Waals surface area contributed by atoms with E-state index in [1.807, 2.05) is 0 Å². The minimum atomic E-state index is 0.185. The highest BCUT2D eigenvalue weighted by Crippen LogP contribution is 2.22. The second kappa shape index (κ2) is 5.13. The Morgan fingerprint density at radius 3 is 2.56 bits per heavy atom. The molecule has 1 nitrogen and oxygen atoms in total. The van der Waals surface area contributed by atoms with Gasteiger partial charge in [-0.1, -0.05) is 56.2 Å². The predicted octanol–water partition coefficient (Wildman–Crippen LogP) is 4.03. The van der Waals surface area contributed by atoms with Gasteiger partial charge in [-0.3, -0.25) is 0 Å². The number of benzene rings is 2. The molecule has 1 unspecified atom stereocenters. The summed E-state index contributed by atoms with van der Waals surface area (Å²) in [7, 11) is 0. The van der Waals surface area contributed by atoms with E-state index >= 15 is 0 Å². The van der Waals surface area contributed by atoms with Crippen LogP contribution in [-0.4, -0.2) is 0 Å². The lowest BCUT2D eigenvalue weighted by molar-refractivity contribution is 0.604. The third-order valence-corrected chi connectivity index (χ3v) is 3.07. The van der Waals surface area contributed by atoms with Crippen molar-refractivity contribution >= 4 is 10.8 Å². The lowest BCUT2D eigenvalue weighted by Gasteiger charge is -2.12. The molecule has 1 heteroatoms. The molecule has 0 fully saturated rings. The number of hydrogen-bond acceptors (Lipinski definition) is 1. The molecule has 0 saturated carbocycles. The molecule has 0 aliphatic heterocycles. The molecule has 1 atom stereocenters. The SMILES string of the molecule is CCCCC(N)c1ccc2ccccc2c1. The molecule has 2 N–H and O–H groups in total. The maximum atomic E-state index is 6.17. The zero-order chi connectivity index (χ0) is 11.4. The van der Waals surface area contributed by atoms with Gasteiger partial charge in [-0.15, -0.1) is 0 Å². The summed E-state index contributed by atoms with van der Waals surface area (Å²) in [4.78, 5) is 0. The summed E-state index contributed by atoms with van der Waals surface area (Å²) >= 11 is 0. The van der Waals surface area contributed by atoms with Crippen LogP contribution < -0.4 is 5.73 Å². The van der Waals surface area contributed by atoms with Gasteiger partial charge in [0.1, 0.15) is 0 Å². The fourth-order valence-corrected chi connectivity index (χ4v) is 2.03. The smallest absolute Gasteiger partial charge is 0.0295 e. The lowest BCUT2D eigenvalue weighted by atomic mass is 9.99. The Balaban J connectivity index is 2.25. The Hall–Kier alpha value is -1.34. The molecule has 0 aliphatic rings. The van der Waals surface area contributed by atoms with Gasteiger partial charge < -0.3 is 5.73 Å². The molecule has 0 bridgehead atoms. The Bertz CT molecular complexity index is 462. The van der Waals surface area contributed by atoms with Gasteiger partial charge in [0.2, 0.25) is 0 Å². The van der Waals surface area contributed by atoms with E-state index in [9.17, 15) is 0 Å². The molecule has 0 radical (unpaired) electrons. The van der Waals surface area contributed by atoms with Crippen molar-refractivity contribution in [1.29, 1.82) is 0 Å². The minimum absolute atomic E-state index is 0.185. The van der Waals surface area contributed by atoms with E-state index in [4.69, 9.17) is 5.73 Å². The molecular weight excluding hydrogens is 194 g/mol.